The molecule has 0 aliphatic rings. The average molecular weight is 394 g/mol. The first-order chi connectivity index (χ1) is 13.3. The van der Waals surface area contributed by atoms with E-state index in [0.717, 1.165) is 5.56 Å². The fourth-order valence-electron chi connectivity index (χ4n) is 2.56. The second kappa shape index (κ2) is 9.36. The van der Waals surface area contributed by atoms with Crippen LogP contribution in [-0.4, -0.2) is 36.9 Å². The highest BCUT2D eigenvalue weighted by atomic mass is 19.4. The summed E-state index contributed by atoms with van der Waals surface area (Å²) in [5.74, 6) is -2.65. The van der Waals surface area contributed by atoms with Crippen molar-refractivity contribution in [1.29, 1.82) is 0 Å². The van der Waals surface area contributed by atoms with Crippen molar-refractivity contribution in [1.82, 2.24) is 10.6 Å². The number of ether oxygens (including phenoxy) is 1. The molecule has 0 aromatic heterocycles. The molecule has 1 amide bonds. The fourth-order valence-corrected chi connectivity index (χ4v) is 2.56. The Morgan fingerprint density at radius 1 is 0.964 bits per heavy atom. The number of halogens is 3. The van der Waals surface area contributed by atoms with Gasteiger partial charge in [0.05, 0.1) is 6.61 Å². The highest BCUT2D eigenvalue weighted by molar-refractivity contribution is 5.98. The summed E-state index contributed by atoms with van der Waals surface area (Å²) in [5, 5.41) is 3.98. The Labute approximate surface area is 160 Å². The van der Waals surface area contributed by atoms with E-state index in [-0.39, 0.29) is 25.1 Å². The third kappa shape index (κ3) is 5.10. The smallest absolute Gasteiger partial charge is 0.436 e. The minimum Gasteiger partial charge on any atom is -0.463 e. The van der Waals surface area contributed by atoms with Crippen molar-refractivity contribution in [3.63, 3.8) is 0 Å². The highest BCUT2D eigenvalue weighted by Crippen LogP contribution is 2.30. The third-order valence-corrected chi connectivity index (χ3v) is 3.99. The molecule has 0 aliphatic carbocycles. The van der Waals surface area contributed by atoms with Gasteiger partial charge in [0.1, 0.15) is 0 Å². The second-order valence-corrected chi connectivity index (χ2v) is 5.95. The summed E-state index contributed by atoms with van der Waals surface area (Å²) in [4.78, 5) is 24.7. The summed E-state index contributed by atoms with van der Waals surface area (Å²) in [7, 11) is 0. The molecule has 28 heavy (non-hydrogen) atoms. The molecule has 2 aromatic rings. The lowest BCUT2D eigenvalue weighted by Crippen LogP contribution is -2.73. The minimum atomic E-state index is -5.12. The van der Waals surface area contributed by atoms with E-state index in [9.17, 15) is 22.8 Å². The monoisotopic (exact) mass is 394 g/mol. The zero-order chi connectivity index (χ0) is 20.6. The lowest BCUT2D eigenvalue weighted by Gasteiger charge is -2.34. The van der Waals surface area contributed by atoms with Crippen LogP contribution in [-0.2, 0) is 16.0 Å². The summed E-state index contributed by atoms with van der Waals surface area (Å²) in [6.07, 6.45) is -4.90. The number of carbonyl (C=O) groups excluding carboxylic acids is 2. The molecule has 0 saturated heterocycles. The van der Waals surface area contributed by atoms with E-state index in [2.05, 4.69) is 10.1 Å². The van der Waals surface area contributed by atoms with Gasteiger partial charge in [0, 0.05) is 12.1 Å². The van der Waals surface area contributed by atoms with E-state index >= 15 is 0 Å². The van der Waals surface area contributed by atoms with Crippen LogP contribution in [0.5, 0.6) is 0 Å². The molecule has 0 aliphatic heterocycles. The Morgan fingerprint density at radius 3 is 2.07 bits per heavy atom. The second-order valence-electron chi connectivity index (χ2n) is 5.95. The van der Waals surface area contributed by atoms with Gasteiger partial charge < -0.3 is 10.1 Å². The normalized spacial score (nSPS) is 13.4. The summed E-state index contributed by atoms with van der Waals surface area (Å²) in [5.41, 5.74) is -2.58. The molecule has 0 radical (unpaired) electrons. The van der Waals surface area contributed by atoms with Crippen molar-refractivity contribution >= 4 is 11.9 Å². The number of rotatable bonds is 8. The average Bonchev–Trinajstić information content (AvgIpc) is 2.67. The SMILES string of the molecule is CCOC(=O)C(NCCc1ccccc1)(NC(=O)c1ccccc1)C(F)(F)F. The van der Waals surface area contributed by atoms with Crippen LogP contribution >= 0.6 is 0 Å². The van der Waals surface area contributed by atoms with Gasteiger partial charge in [-0.05, 0) is 31.0 Å². The van der Waals surface area contributed by atoms with Gasteiger partial charge >= 0.3 is 12.1 Å². The number of alkyl halides is 3. The largest absolute Gasteiger partial charge is 0.463 e. The summed E-state index contributed by atoms with van der Waals surface area (Å²) in [6, 6.07) is 16.2. The number of benzene rings is 2. The van der Waals surface area contributed by atoms with Crippen molar-refractivity contribution in [3.05, 3.63) is 71.8 Å². The van der Waals surface area contributed by atoms with Crippen LogP contribution < -0.4 is 10.6 Å². The van der Waals surface area contributed by atoms with E-state index in [1.54, 1.807) is 36.4 Å². The molecule has 8 heteroatoms. The molecule has 1 atom stereocenters. The molecule has 5 nitrogen and oxygen atoms in total. The van der Waals surface area contributed by atoms with Crippen LogP contribution in [0.15, 0.2) is 60.7 Å². The van der Waals surface area contributed by atoms with E-state index in [0.29, 0.717) is 0 Å². The topological polar surface area (TPSA) is 67.4 Å². The first-order valence-corrected chi connectivity index (χ1v) is 8.70. The van der Waals surface area contributed by atoms with Gasteiger partial charge in [-0.15, -0.1) is 0 Å². The molecular formula is C20H21F3N2O3. The van der Waals surface area contributed by atoms with Crippen LogP contribution in [0.25, 0.3) is 0 Å². The molecule has 0 fully saturated rings. The lowest BCUT2D eigenvalue weighted by molar-refractivity contribution is -0.218. The maximum atomic E-state index is 14.0. The predicted molar refractivity (Wildman–Crippen MR) is 97.5 cm³/mol. The van der Waals surface area contributed by atoms with Crippen molar-refractivity contribution < 1.29 is 27.5 Å². The number of hydrogen-bond acceptors (Lipinski definition) is 4. The Morgan fingerprint density at radius 2 is 1.54 bits per heavy atom. The Kier molecular flexibility index (Phi) is 7.17. The lowest BCUT2D eigenvalue weighted by atomic mass is 10.1. The highest BCUT2D eigenvalue weighted by Gasteiger charge is 2.63. The molecule has 1 unspecified atom stereocenters. The molecule has 0 bridgehead atoms. The van der Waals surface area contributed by atoms with Gasteiger partial charge in [-0.1, -0.05) is 48.5 Å². The number of nitrogens with one attached hydrogen (secondary N) is 2. The van der Waals surface area contributed by atoms with Crippen LogP contribution in [0.3, 0.4) is 0 Å². The molecule has 2 N–H and O–H groups in total. The minimum absolute atomic E-state index is 0.00900. The zero-order valence-electron chi connectivity index (χ0n) is 15.3. The van der Waals surface area contributed by atoms with Gasteiger partial charge in [0.25, 0.3) is 11.6 Å². The summed E-state index contributed by atoms with van der Waals surface area (Å²) < 4.78 is 46.6. The number of hydrogen-bond donors (Lipinski definition) is 2. The Balaban J connectivity index is 2.28. The molecule has 2 aromatic carbocycles. The number of carbonyl (C=O) groups is 2. The van der Waals surface area contributed by atoms with Gasteiger partial charge in [0.15, 0.2) is 0 Å². The first-order valence-electron chi connectivity index (χ1n) is 8.70. The molecule has 2 rings (SSSR count). The maximum Gasteiger partial charge on any atom is 0.436 e. The number of amides is 1. The van der Waals surface area contributed by atoms with Crippen molar-refractivity contribution in [2.45, 2.75) is 25.2 Å². The predicted octanol–water partition coefficient (Wildman–Crippen LogP) is 3.07. The van der Waals surface area contributed by atoms with Gasteiger partial charge in [-0.2, -0.15) is 13.2 Å². The molecule has 0 saturated carbocycles. The zero-order valence-corrected chi connectivity index (χ0v) is 15.3. The molecule has 0 spiro atoms. The van der Waals surface area contributed by atoms with E-state index < -0.39 is 23.7 Å². The number of esters is 1. The van der Waals surface area contributed by atoms with Gasteiger partial charge in [-0.25, -0.2) is 4.79 Å². The van der Waals surface area contributed by atoms with Crippen LogP contribution in [0.2, 0.25) is 0 Å². The van der Waals surface area contributed by atoms with Crippen molar-refractivity contribution in [2.75, 3.05) is 13.2 Å². The maximum absolute atomic E-state index is 14.0. The molecule has 150 valence electrons. The van der Waals surface area contributed by atoms with E-state index in [4.69, 9.17) is 0 Å². The summed E-state index contributed by atoms with van der Waals surface area (Å²) in [6.45, 7) is 0.914. The first kappa shape index (κ1) is 21.4. The van der Waals surface area contributed by atoms with Crippen LogP contribution in [0, 0.1) is 0 Å². The van der Waals surface area contributed by atoms with Crippen molar-refractivity contribution in [2.24, 2.45) is 0 Å². The fraction of sp³-hybridized carbons (Fsp3) is 0.300. The molecule has 0 heterocycles. The van der Waals surface area contributed by atoms with E-state index in [1.165, 1.54) is 31.2 Å². The van der Waals surface area contributed by atoms with Crippen molar-refractivity contribution in [3.8, 4) is 0 Å². The van der Waals surface area contributed by atoms with Gasteiger partial charge in [-0.3, -0.25) is 10.1 Å². The summed E-state index contributed by atoms with van der Waals surface area (Å²) >= 11 is 0. The van der Waals surface area contributed by atoms with Crippen LogP contribution in [0.1, 0.15) is 22.8 Å². The van der Waals surface area contributed by atoms with Crippen LogP contribution in [0.4, 0.5) is 13.2 Å². The quantitative estimate of drug-likeness (QED) is 0.534. The standard InChI is InChI=1S/C20H21F3N2O3/c1-2-28-18(27)19(20(21,22)23,24-14-13-15-9-5-3-6-10-15)25-17(26)16-11-7-4-8-12-16/h3-12,24H,2,13-14H2,1H3,(H,25,26). The Hall–Kier alpha value is -2.87. The van der Waals surface area contributed by atoms with E-state index in [1.807, 2.05) is 5.32 Å². The Bertz CT molecular complexity index is 782. The van der Waals surface area contributed by atoms with Gasteiger partial charge in [0.2, 0.25) is 0 Å². The molecular weight excluding hydrogens is 373 g/mol. The third-order valence-electron chi connectivity index (χ3n) is 3.99.